The number of carbonyl (C=O) groups is 1. The van der Waals surface area contributed by atoms with E-state index >= 15 is 0 Å². The molecule has 1 rings (SSSR count). The van der Waals surface area contributed by atoms with Gasteiger partial charge in [-0.25, -0.2) is 0 Å². The minimum atomic E-state index is -0.463. The van der Waals surface area contributed by atoms with Gasteiger partial charge in [0, 0.05) is 6.54 Å². The number of rotatable bonds is 4. The summed E-state index contributed by atoms with van der Waals surface area (Å²) in [7, 11) is 1.82. The molecule has 1 saturated carbocycles. The second-order valence-electron chi connectivity index (χ2n) is 5.58. The predicted molar refractivity (Wildman–Crippen MR) is 62.7 cm³/mol. The zero-order valence-electron chi connectivity index (χ0n) is 10.4. The van der Waals surface area contributed by atoms with Gasteiger partial charge in [-0.2, -0.15) is 0 Å². The molecule has 1 aliphatic rings. The highest BCUT2D eigenvalue weighted by Crippen LogP contribution is 2.36. The van der Waals surface area contributed by atoms with Crippen LogP contribution in [0.2, 0.25) is 0 Å². The summed E-state index contributed by atoms with van der Waals surface area (Å²) in [6, 6.07) is 0. The molecule has 1 fully saturated rings. The highest BCUT2D eigenvalue weighted by molar-refractivity contribution is 5.85. The van der Waals surface area contributed by atoms with Crippen LogP contribution in [0.1, 0.15) is 46.5 Å². The van der Waals surface area contributed by atoms with E-state index in [1.807, 2.05) is 20.9 Å². The second-order valence-corrected chi connectivity index (χ2v) is 5.58. The van der Waals surface area contributed by atoms with Crippen LogP contribution in [0.15, 0.2) is 0 Å². The fourth-order valence-electron chi connectivity index (χ4n) is 2.03. The number of carbonyl (C=O) groups excluding carboxylic acids is 1. The van der Waals surface area contributed by atoms with E-state index in [9.17, 15) is 4.79 Å². The van der Waals surface area contributed by atoms with Crippen LogP contribution in [-0.2, 0) is 4.79 Å². The Hall–Kier alpha value is -0.570. The van der Waals surface area contributed by atoms with Crippen LogP contribution in [0.4, 0.5) is 0 Å². The van der Waals surface area contributed by atoms with E-state index in [2.05, 4.69) is 17.6 Å². The Morgan fingerprint density at radius 3 is 2.33 bits per heavy atom. The Labute approximate surface area is 93.0 Å². The number of likely N-dealkylation sites (N-methyl/N-ethyl adjacent to an activating group) is 1. The molecule has 0 aromatic heterocycles. The molecule has 0 unspecified atom stereocenters. The minimum absolute atomic E-state index is 0.0955. The van der Waals surface area contributed by atoms with Gasteiger partial charge in [0.2, 0.25) is 5.91 Å². The van der Waals surface area contributed by atoms with Crippen LogP contribution in [-0.4, -0.2) is 25.0 Å². The van der Waals surface area contributed by atoms with Crippen molar-refractivity contribution < 1.29 is 4.79 Å². The molecule has 2 N–H and O–H groups in total. The molecular weight excluding hydrogens is 188 g/mol. The van der Waals surface area contributed by atoms with Crippen molar-refractivity contribution in [1.82, 2.24) is 10.6 Å². The van der Waals surface area contributed by atoms with Crippen molar-refractivity contribution in [1.29, 1.82) is 0 Å². The summed E-state index contributed by atoms with van der Waals surface area (Å²) in [5.41, 5.74) is -0.131. The zero-order chi connectivity index (χ0) is 11.5. The molecule has 0 bridgehead atoms. The number of hydrogen-bond acceptors (Lipinski definition) is 2. The molecular formula is C12H24N2O. The van der Waals surface area contributed by atoms with Crippen LogP contribution in [0.3, 0.4) is 0 Å². The maximum atomic E-state index is 11.8. The van der Waals surface area contributed by atoms with E-state index in [-0.39, 0.29) is 5.91 Å². The molecule has 0 aromatic rings. The lowest BCUT2D eigenvalue weighted by Gasteiger charge is -2.28. The van der Waals surface area contributed by atoms with Gasteiger partial charge in [0.05, 0.1) is 5.54 Å². The summed E-state index contributed by atoms with van der Waals surface area (Å²) in [6.07, 6.45) is 5.10. The van der Waals surface area contributed by atoms with E-state index in [1.165, 1.54) is 25.7 Å². The average Bonchev–Trinajstić information content (AvgIpc) is 2.62. The van der Waals surface area contributed by atoms with Crippen LogP contribution < -0.4 is 10.6 Å². The highest BCUT2D eigenvalue weighted by Gasteiger charge is 2.31. The van der Waals surface area contributed by atoms with E-state index in [1.54, 1.807) is 0 Å². The molecule has 0 aromatic carbocycles. The molecule has 88 valence electrons. The third-order valence-electron chi connectivity index (χ3n) is 3.68. The van der Waals surface area contributed by atoms with Crippen molar-refractivity contribution in [2.24, 2.45) is 5.41 Å². The maximum absolute atomic E-state index is 11.8. The van der Waals surface area contributed by atoms with Gasteiger partial charge >= 0.3 is 0 Å². The standard InChI is InChI=1S/C12H24N2O/c1-11(2,13-4)10(15)14-9-12(3)7-5-6-8-12/h13H,5-9H2,1-4H3,(H,14,15). The molecule has 0 aliphatic heterocycles. The van der Waals surface area contributed by atoms with Crippen LogP contribution in [0, 0.1) is 5.41 Å². The fraction of sp³-hybridized carbons (Fsp3) is 0.917. The quantitative estimate of drug-likeness (QED) is 0.744. The topological polar surface area (TPSA) is 41.1 Å². The average molecular weight is 212 g/mol. The predicted octanol–water partition coefficient (Wildman–Crippen LogP) is 1.68. The van der Waals surface area contributed by atoms with Crippen molar-refractivity contribution >= 4 is 5.91 Å². The minimum Gasteiger partial charge on any atom is -0.354 e. The molecule has 1 amide bonds. The first-order valence-electron chi connectivity index (χ1n) is 5.87. The monoisotopic (exact) mass is 212 g/mol. The first-order valence-corrected chi connectivity index (χ1v) is 5.87. The van der Waals surface area contributed by atoms with E-state index < -0.39 is 5.54 Å². The van der Waals surface area contributed by atoms with Crippen molar-refractivity contribution in [3.05, 3.63) is 0 Å². The lowest BCUT2D eigenvalue weighted by Crippen LogP contribution is -2.52. The molecule has 1 aliphatic carbocycles. The third-order valence-corrected chi connectivity index (χ3v) is 3.68. The van der Waals surface area contributed by atoms with Gasteiger partial charge in [0.15, 0.2) is 0 Å². The van der Waals surface area contributed by atoms with Crippen LogP contribution >= 0.6 is 0 Å². The summed E-state index contributed by atoms with van der Waals surface area (Å²) in [5, 5.41) is 6.07. The van der Waals surface area contributed by atoms with Gasteiger partial charge in [0.1, 0.15) is 0 Å². The molecule has 3 nitrogen and oxygen atoms in total. The first-order chi connectivity index (χ1) is 6.90. The summed E-state index contributed by atoms with van der Waals surface area (Å²) in [5.74, 6) is 0.0955. The van der Waals surface area contributed by atoms with Crippen molar-refractivity contribution in [2.75, 3.05) is 13.6 Å². The molecule has 0 atom stereocenters. The van der Waals surface area contributed by atoms with Crippen molar-refractivity contribution in [3.8, 4) is 0 Å². The lowest BCUT2D eigenvalue weighted by atomic mass is 9.88. The Morgan fingerprint density at radius 2 is 1.87 bits per heavy atom. The van der Waals surface area contributed by atoms with Gasteiger partial charge in [0.25, 0.3) is 0 Å². The largest absolute Gasteiger partial charge is 0.354 e. The van der Waals surface area contributed by atoms with Crippen molar-refractivity contribution in [2.45, 2.75) is 52.0 Å². The SMILES string of the molecule is CNC(C)(C)C(=O)NCC1(C)CCCC1. The molecule has 3 heteroatoms. The number of amides is 1. The molecule has 15 heavy (non-hydrogen) atoms. The molecule has 0 heterocycles. The van der Waals surface area contributed by atoms with E-state index in [0.717, 1.165) is 6.54 Å². The Kier molecular flexibility index (Phi) is 3.77. The summed E-state index contributed by atoms with van der Waals surface area (Å²) < 4.78 is 0. The molecule has 0 saturated heterocycles. The summed E-state index contributed by atoms with van der Waals surface area (Å²) in [4.78, 5) is 11.8. The summed E-state index contributed by atoms with van der Waals surface area (Å²) >= 11 is 0. The molecule has 0 radical (unpaired) electrons. The number of nitrogens with one attached hydrogen (secondary N) is 2. The van der Waals surface area contributed by atoms with Gasteiger partial charge in [-0.3, -0.25) is 4.79 Å². The van der Waals surface area contributed by atoms with Crippen LogP contribution in [0.5, 0.6) is 0 Å². The first kappa shape index (κ1) is 12.5. The van der Waals surface area contributed by atoms with Crippen LogP contribution in [0.25, 0.3) is 0 Å². The summed E-state index contributed by atoms with van der Waals surface area (Å²) in [6.45, 7) is 6.89. The van der Waals surface area contributed by atoms with Gasteiger partial charge in [-0.1, -0.05) is 19.8 Å². The number of hydrogen-bond donors (Lipinski definition) is 2. The second kappa shape index (κ2) is 4.52. The Bertz CT molecular complexity index is 230. The van der Waals surface area contributed by atoms with Crippen molar-refractivity contribution in [3.63, 3.8) is 0 Å². The normalized spacial score (nSPS) is 20.3. The van der Waals surface area contributed by atoms with Gasteiger partial charge in [-0.05, 0) is 39.2 Å². The smallest absolute Gasteiger partial charge is 0.239 e. The van der Waals surface area contributed by atoms with Gasteiger partial charge < -0.3 is 10.6 Å². The van der Waals surface area contributed by atoms with E-state index in [4.69, 9.17) is 0 Å². The van der Waals surface area contributed by atoms with E-state index in [0.29, 0.717) is 5.41 Å². The van der Waals surface area contributed by atoms with Gasteiger partial charge in [-0.15, -0.1) is 0 Å². The third kappa shape index (κ3) is 3.20. The fourth-order valence-corrected chi connectivity index (χ4v) is 2.03. The highest BCUT2D eigenvalue weighted by atomic mass is 16.2. The zero-order valence-corrected chi connectivity index (χ0v) is 10.4. The maximum Gasteiger partial charge on any atom is 0.239 e. The molecule has 0 spiro atoms. The Balaban J connectivity index is 2.40. The lowest BCUT2D eigenvalue weighted by molar-refractivity contribution is -0.126. The Morgan fingerprint density at radius 1 is 1.33 bits per heavy atom.